The van der Waals surface area contributed by atoms with Gasteiger partial charge in [-0.2, -0.15) is 5.10 Å². The van der Waals surface area contributed by atoms with Crippen molar-refractivity contribution in [3.05, 3.63) is 48.2 Å². The quantitative estimate of drug-likeness (QED) is 0.462. The zero-order valence-corrected chi connectivity index (χ0v) is 18.7. The van der Waals surface area contributed by atoms with Crippen molar-refractivity contribution >= 4 is 17.2 Å². The molecule has 10 heteroatoms. The number of fused-ring (bicyclic) bond motifs is 1. The zero-order chi connectivity index (χ0) is 22.9. The van der Waals surface area contributed by atoms with Crippen molar-refractivity contribution in [3.8, 4) is 22.8 Å². The van der Waals surface area contributed by atoms with E-state index in [2.05, 4.69) is 44.2 Å². The van der Waals surface area contributed by atoms with Crippen molar-refractivity contribution < 1.29 is 9.21 Å². The summed E-state index contributed by atoms with van der Waals surface area (Å²) >= 11 is 0. The molecular formula is C23H26N8O2. The summed E-state index contributed by atoms with van der Waals surface area (Å²) in [6, 6.07) is 4.17. The van der Waals surface area contributed by atoms with E-state index in [1.807, 2.05) is 29.0 Å². The highest BCUT2D eigenvalue weighted by molar-refractivity contribution is 5.97. The maximum Gasteiger partial charge on any atom is 0.273 e. The van der Waals surface area contributed by atoms with Gasteiger partial charge >= 0.3 is 0 Å². The minimum Gasteiger partial charge on any atom is -0.443 e. The molecule has 0 unspecified atom stereocenters. The Balaban J connectivity index is 1.56. The number of oxazole rings is 1. The number of carbonyl (C=O) groups is 1. The normalized spacial score (nSPS) is 16.5. The molecule has 0 aliphatic carbocycles. The van der Waals surface area contributed by atoms with Crippen LogP contribution in [0.4, 0.5) is 5.82 Å². The second-order valence-electron chi connectivity index (χ2n) is 8.25. The summed E-state index contributed by atoms with van der Waals surface area (Å²) in [7, 11) is 2.07. The standard InChI is InChI=1S/C23H26N8O2/c1-3-14-12-27-31-9-6-15(11-17(14)31)18-19(23-25-7-10-33-23)29-21(24)20(28-18)22(32)26-13-16-5-4-8-30(16)2/h6-7,9-12,16H,3-5,8,13H2,1-2H3,(H2,24,29)(H,26,32)/t16-/m1/s1. The Morgan fingerprint density at radius 3 is 2.94 bits per heavy atom. The molecule has 5 rings (SSSR count). The van der Waals surface area contributed by atoms with Gasteiger partial charge in [0.25, 0.3) is 5.91 Å². The van der Waals surface area contributed by atoms with Crippen molar-refractivity contribution in [2.24, 2.45) is 0 Å². The number of amides is 1. The second kappa shape index (κ2) is 8.62. The number of nitrogens with zero attached hydrogens (tertiary/aromatic N) is 6. The molecule has 3 N–H and O–H groups in total. The SMILES string of the molecule is CCc1cnn2ccc(-c3nc(C(=O)NC[C@H]4CCCN4C)c(N)nc3-c3ncco3)cc12. The van der Waals surface area contributed by atoms with Crippen LogP contribution in [0.3, 0.4) is 0 Å². The van der Waals surface area contributed by atoms with E-state index in [4.69, 9.17) is 10.2 Å². The number of anilines is 1. The number of pyridine rings is 1. The first kappa shape index (κ1) is 21.1. The molecule has 170 valence electrons. The van der Waals surface area contributed by atoms with Gasteiger partial charge in [-0.15, -0.1) is 0 Å². The van der Waals surface area contributed by atoms with Crippen LogP contribution in [-0.4, -0.2) is 61.6 Å². The molecule has 1 aliphatic rings. The van der Waals surface area contributed by atoms with Gasteiger partial charge in [0.05, 0.1) is 17.9 Å². The topological polar surface area (TPSA) is 127 Å². The van der Waals surface area contributed by atoms with Crippen molar-refractivity contribution in [2.45, 2.75) is 32.2 Å². The molecule has 0 bridgehead atoms. The zero-order valence-electron chi connectivity index (χ0n) is 18.7. The molecule has 4 aromatic rings. The van der Waals surface area contributed by atoms with Gasteiger partial charge in [0.15, 0.2) is 17.2 Å². The van der Waals surface area contributed by atoms with Crippen LogP contribution < -0.4 is 11.1 Å². The highest BCUT2D eigenvalue weighted by Gasteiger charge is 2.25. The number of likely N-dealkylation sites (tertiary alicyclic amines) is 1. The lowest BCUT2D eigenvalue weighted by atomic mass is 10.1. The van der Waals surface area contributed by atoms with E-state index in [9.17, 15) is 4.79 Å². The minimum absolute atomic E-state index is 0.0314. The Labute approximate surface area is 190 Å². The van der Waals surface area contributed by atoms with Gasteiger partial charge in [-0.1, -0.05) is 6.92 Å². The molecule has 33 heavy (non-hydrogen) atoms. The van der Waals surface area contributed by atoms with E-state index in [1.54, 1.807) is 0 Å². The number of likely N-dealkylation sites (N-methyl/N-ethyl adjacent to an activating group) is 1. The van der Waals surface area contributed by atoms with E-state index < -0.39 is 0 Å². The summed E-state index contributed by atoms with van der Waals surface area (Å²) in [6.07, 6.45) is 9.73. The molecule has 1 fully saturated rings. The number of hydrogen-bond donors (Lipinski definition) is 2. The summed E-state index contributed by atoms with van der Waals surface area (Å²) < 4.78 is 7.30. The third-order valence-corrected chi connectivity index (χ3v) is 6.20. The Hall–Kier alpha value is -3.79. The molecule has 0 spiro atoms. The van der Waals surface area contributed by atoms with E-state index in [1.165, 1.54) is 12.5 Å². The van der Waals surface area contributed by atoms with E-state index >= 15 is 0 Å². The Bertz CT molecular complexity index is 1300. The highest BCUT2D eigenvalue weighted by Crippen LogP contribution is 2.31. The van der Waals surface area contributed by atoms with Gasteiger partial charge in [0, 0.05) is 24.3 Å². The molecule has 1 aliphatic heterocycles. The molecule has 1 amide bonds. The Kier molecular flexibility index (Phi) is 5.51. The number of nitrogens with two attached hydrogens (primary N) is 1. The van der Waals surface area contributed by atoms with Gasteiger partial charge in [-0.05, 0) is 50.6 Å². The molecule has 0 aromatic carbocycles. The number of nitrogens with one attached hydrogen (secondary N) is 1. The first-order valence-corrected chi connectivity index (χ1v) is 11.1. The number of aryl methyl sites for hydroxylation is 1. The molecular weight excluding hydrogens is 420 g/mol. The van der Waals surface area contributed by atoms with Crippen molar-refractivity contribution in [2.75, 3.05) is 25.9 Å². The lowest BCUT2D eigenvalue weighted by molar-refractivity contribution is 0.0939. The predicted molar refractivity (Wildman–Crippen MR) is 123 cm³/mol. The van der Waals surface area contributed by atoms with Crippen LogP contribution in [0.15, 0.2) is 41.4 Å². The van der Waals surface area contributed by atoms with Gasteiger partial charge in [-0.3, -0.25) is 4.79 Å². The number of aromatic nitrogens is 5. The number of rotatable bonds is 6. The van der Waals surface area contributed by atoms with Gasteiger partial charge in [-0.25, -0.2) is 19.5 Å². The second-order valence-corrected chi connectivity index (χ2v) is 8.25. The summed E-state index contributed by atoms with van der Waals surface area (Å²) in [6.45, 7) is 3.65. The van der Waals surface area contributed by atoms with Gasteiger partial charge < -0.3 is 20.4 Å². The van der Waals surface area contributed by atoms with E-state index in [0.29, 0.717) is 24.0 Å². The monoisotopic (exact) mass is 446 g/mol. The summed E-state index contributed by atoms with van der Waals surface area (Å²) in [4.78, 5) is 28.6. The first-order valence-electron chi connectivity index (χ1n) is 11.1. The smallest absolute Gasteiger partial charge is 0.273 e. The van der Waals surface area contributed by atoms with Crippen LogP contribution in [0.1, 0.15) is 35.8 Å². The van der Waals surface area contributed by atoms with E-state index in [0.717, 1.165) is 42.5 Å². The summed E-state index contributed by atoms with van der Waals surface area (Å²) in [5.41, 5.74) is 9.95. The average Bonchev–Trinajstić information content (AvgIpc) is 3.58. The third kappa shape index (κ3) is 3.93. The van der Waals surface area contributed by atoms with Gasteiger partial charge in [0.1, 0.15) is 12.0 Å². The fourth-order valence-electron chi connectivity index (χ4n) is 4.29. The maximum absolute atomic E-state index is 13.0. The van der Waals surface area contributed by atoms with Crippen LogP contribution >= 0.6 is 0 Å². The van der Waals surface area contributed by atoms with Crippen molar-refractivity contribution in [1.82, 2.24) is 34.8 Å². The maximum atomic E-state index is 13.0. The van der Waals surface area contributed by atoms with Crippen LogP contribution in [-0.2, 0) is 6.42 Å². The lowest BCUT2D eigenvalue weighted by Gasteiger charge is -2.19. The van der Waals surface area contributed by atoms with Crippen LogP contribution in [0, 0.1) is 0 Å². The molecule has 10 nitrogen and oxygen atoms in total. The molecule has 4 aromatic heterocycles. The van der Waals surface area contributed by atoms with Crippen LogP contribution in [0.2, 0.25) is 0 Å². The summed E-state index contributed by atoms with van der Waals surface area (Å²) in [5.74, 6) is -0.0306. The molecule has 1 atom stereocenters. The fourth-order valence-corrected chi connectivity index (χ4v) is 4.29. The van der Waals surface area contributed by atoms with Crippen molar-refractivity contribution in [1.29, 1.82) is 0 Å². The third-order valence-electron chi connectivity index (χ3n) is 6.20. The molecule has 0 radical (unpaired) electrons. The van der Waals surface area contributed by atoms with Crippen LogP contribution in [0.25, 0.3) is 28.4 Å². The first-order chi connectivity index (χ1) is 16.0. The highest BCUT2D eigenvalue weighted by atomic mass is 16.3. The molecule has 5 heterocycles. The predicted octanol–water partition coefficient (Wildman–Crippen LogP) is 2.41. The van der Waals surface area contributed by atoms with Gasteiger partial charge in [0.2, 0.25) is 5.89 Å². The Morgan fingerprint density at radius 1 is 1.33 bits per heavy atom. The number of carbonyl (C=O) groups excluding carboxylic acids is 1. The summed E-state index contributed by atoms with van der Waals surface area (Å²) in [5, 5.41) is 7.36. The number of hydrogen-bond acceptors (Lipinski definition) is 8. The van der Waals surface area contributed by atoms with Crippen LogP contribution in [0.5, 0.6) is 0 Å². The Morgan fingerprint density at radius 2 is 2.21 bits per heavy atom. The molecule has 1 saturated heterocycles. The average molecular weight is 447 g/mol. The fraction of sp³-hybridized carbons (Fsp3) is 0.348. The van der Waals surface area contributed by atoms with Crippen molar-refractivity contribution in [3.63, 3.8) is 0 Å². The number of nitrogen functional groups attached to an aromatic ring is 1. The largest absolute Gasteiger partial charge is 0.443 e. The van der Waals surface area contributed by atoms with E-state index in [-0.39, 0.29) is 23.3 Å². The minimum atomic E-state index is -0.347. The lowest BCUT2D eigenvalue weighted by Crippen LogP contribution is -2.38. The molecule has 0 saturated carbocycles.